The number of rotatable bonds is 8. The summed E-state index contributed by atoms with van der Waals surface area (Å²) in [5.41, 5.74) is 2.02. The fourth-order valence-corrected chi connectivity index (χ4v) is 4.16. The van der Waals surface area contributed by atoms with E-state index in [9.17, 15) is 14.0 Å². The van der Waals surface area contributed by atoms with E-state index in [1.165, 1.54) is 11.0 Å². The van der Waals surface area contributed by atoms with Crippen LogP contribution in [0.2, 0.25) is 0 Å². The molecule has 1 fully saturated rings. The van der Waals surface area contributed by atoms with Gasteiger partial charge in [-0.15, -0.1) is 0 Å². The van der Waals surface area contributed by atoms with Crippen molar-refractivity contribution in [2.45, 2.75) is 20.1 Å². The Morgan fingerprint density at radius 2 is 1.70 bits per heavy atom. The van der Waals surface area contributed by atoms with Crippen LogP contribution in [-0.2, 0) is 17.9 Å². The average Bonchev–Trinajstić information content (AvgIpc) is 3.08. The monoisotopic (exact) mass is 463 g/mol. The van der Waals surface area contributed by atoms with Crippen LogP contribution in [0.3, 0.4) is 0 Å². The largest absolute Gasteiger partial charge is 0.490 e. The minimum absolute atomic E-state index is 0.0600. The van der Waals surface area contributed by atoms with Crippen molar-refractivity contribution in [2.75, 3.05) is 6.61 Å². The summed E-state index contributed by atoms with van der Waals surface area (Å²) in [5.74, 6) is 0.283. The van der Waals surface area contributed by atoms with Crippen LogP contribution in [-0.4, -0.2) is 22.7 Å². The van der Waals surface area contributed by atoms with Crippen molar-refractivity contribution in [3.05, 3.63) is 100 Å². The van der Waals surface area contributed by atoms with Crippen LogP contribution in [0.4, 0.5) is 9.18 Å². The summed E-state index contributed by atoms with van der Waals surface area (Å²) in [6, 6.07) is 21.0. The topological polar surface area (TPSA) is 55.8 Å². The highest BCUT2D eigenvalue weighted by molar-refractivity contribution is 8.18. The lowest BCUT2D eigenvalue weighted by Gasteiger charge is -2.13. The Hall–Kier alpha value is -3.58. The van der Waals surface area contributed by atoms with Crippen molar-refractivity contribution in [3.63, 3.8) is 0 Å². The van der Waals surface area contributed by atoms with Crippen LogP contribution < -0.4 is 9.47 Å². The van der Waals surface area contributed by atoms with Gasteiger partial charge in [0.25, 0.3) is 11.1 Å². The number of thioether (sulfide) groups is 1. The molecule has 1 heterocycles. The summed E-state index contributed by atoms with van der Waals surface area (Å²) in [7, 11) is 0. The van der Waals surface area contributed by atoms with Crippen molar-refractivity contribution in [2.24, 2.45) is 0 Å². The van der Waals surface area contributed by atoms with Gasteiger partial charge in [-0.3, -0.25) is 14.5 Å². The number of amides is 2. The third-order valence-corrected chi connectivity index (χ3v) is 5.87. The summed E-state index contributed by atoms with van der Waals surface area (Å²) in [6.07, 6.45) is 1.67. The molecular formula is C26H22FNO4S. The first-order valence-electron chi connectivity index (χ1n) is 10.5. The van der Waals surface area contributed by atoms with Crippen molar-refractivity contribution in [1.82, 2.24) is 4.90 Å². The quantitative estimate of drug-likeness (QED) is 0.381. The number of halogens is 1. The van der Waals surface area contributed by atoms with E-state index in [2.05, 4.69) is 0 Å². The molecule has 0 aromatic heterocycles. The van der Waals surface area contributed by atoms with Crippen molar-refractivity contribution >= 4 is 29.0 Å². The first-order valence-corrected chi connectivity index (χ1v) is 11.3. The molecule has 33 heavy (non-hydrogen) atoms. The van der Waals surface area contributed by atoms with Gasteiger partial charge in [-0.25, -0.2) is 4.39 Å². The minimum Gasteiger partial charge on any atom is -0.490 e. The van der Waals surface area contributed by atoms with Crippen LogP contribution >= 0.6 is 11.8 Å². The van der Waals surface area contributed by atoms with E-state index in [0.717, 1.165) is 17.3 Å². The SMILES string of the molecule is CCOc1cc(/C=C2/SC(=O)N(Cc3ccccc3)C2=O)ccc1OCc1ccccc1F. The number of nitrogens with zero attached hydrogens (tertiary/aromatic N) is 1. The Kier molecular flexibility index (Phi) is 7.10. The first kappa shape index (κ1) is 22.6. The summed E-state index contributed by atoms with van der Waals surface area (Å²) in [4.78, 5) is 26.8. The molecule has 3 aromatic rings. The third-order valence-electron chi connectivity index (χ3n) is 4.96. The molecule has 168 valence electrons. The van der Waals surface area contributed by atoms with Gasteiger partial charge in [0.05, 0.1) is 18.1 Å². The van der Waals surface area contributed by atoms with E-state index in [-0.39, 0.29) is 30.1 Å². The molecule has 0 saturated carbocycles. The second-order valence-electron chi connectivity index (χ2n) is 7.27. The maximum atomic E-state index is 13.9. The number of carbonyl (C=O) groups excluding carboxylic acids is 2. The van der Waals surface area contributed by atoms with Gasteiger partial charge < -0.3 is 9.47 Å². The van der Waals surface area contributed by atoms with Crippen LogP contribution in [0.25, 0.3) is 6.08 Å². The number of benzene rings is 3. The van der Waals surface area contributed by atoms with E-state index in [0.29, 0.717) is 34.1 Å². The normalized spacial score (nSPS) is 14.7. The molecular weight excluding hydrogens is 441 g/mol. The molecule has 0 atom stereocenters. The lowest BCUT2D eigenvalue weighted by Crippen LogP contribution is -2.27. The number of imide groups is 1. The van der Waals surface area contributed by atoms with E-state index < -0.39 is 0 Å². The van der Waals surface area contributed by atoms with Crippen LogP contribution in [0.1, 0.15) is 23.6 Å². The summed E-state index contributed by atoms with van der Waals surface area (Å²) < 4.78 is 25.4. The molecule has 0 spiro atoms. The smallest absolute Gasteiger partial charge is 0.293 e. The summed E-state index contributed by atoms with van der Waals surface area (Å²) in [5, 5.41) is -0.301. The zero-order valence-electron chi connectivity index (χ0n) is 18.0. The minimum atomic E-state index is -0.335. The first-order chi connectivity index (χ1) is 16.0. The van der Waals surface area contributed by atoms with E-state index in [1.54, 1.807) is 42.5 Å². The number of hydrogen-bond donors (Lipinski definition) is 0. The van der Waals surface area contributed by atoms with Gasteiger partial charge in [0.1, 0.15) is 12.4 Å². The molecule has 1 aliphatic heterocycles. The second-order valence-corrected chi connectivity index (χ2v) is 8.27. The molecule has 7 heteroatoms. The third kappa shape index (κ3) is 5.43. The van der Waals surface area contributed by atoms with E-state index in [4.69, 9.17) is 9.47 Å². The van der Waals surface area contributed by atoms with Crippen LogP contribution in [0.5, 0.6) is 11.5 Å². The van der Waals surface area contributed by atoms with Gasteiger partial charge >= 0.3 is 0 Å². The number of ether oxygens (including phenoxy) is 2. The highest BCUT2D eigenvalue weighted by atomic mass is 32.2. The van der Waals surface area contributed by atoms with Gasteiger partial charge in [0.2, 0.25) is 0 Å². The molecule has 0 bridgehead atoms. The van der Waals surface area contributed by atoms with Gasteiger partial charge in [-0.2, -0.15) is 0 Å². The Balaban J connectivity index is 1.51. The Labute approximate surface area is 195 Å². The van der Waals surface area contributed by atoms with E-state index in [1.807, 2.05) is 37.3 Å². The van der Waals surface area contributed by atoms with Gasteiger partial charge in [0.15, 0.2) is 11.5 Å². The molecule has 1 aliphatic rings. The lowest BCUT2D eigenvalue weighted by molar-refractivity contribution is -0.123. The highest BCUT2D eigenvalue weighted by Gasteiger charge is 2.35. The fourth-order valence-electron chi connectivity index (χ4n) is 3.33. The van der Waals surface area contributed by atoms with Crippen molar-refractivity contribution < 1.29 is 23.5 Å². The van der Waals surface area contributed by atoms with Gasteiger partial charge in [0, 0.05) is 5.56 Å². The maximum Gasteiger partial charge on any atom is 0.293 e. The number of carbonyl (C=O) groups is 2. The average molecular weight is 464 g/mol. The summed E-state index contributed by atoms with van der Waals surface area (Å²) in [6.45, 7) is 2.55. The predicted octanol–water partition coefficient (Wildman–Crippen LogP) is 6.04. The Morgan fingerprint density at radius 1 is 0.939 bits per heavy atom. The van der Waals surface area contributed by atoms with Gasteiger partial charge in [-0.1, -0.05) is 54.6 Å². The molecule has 3 aromatic carbocycles. The van der Waals surface area contributed by atoms with Crippen molar-refractivity contribution in [3.8, 4) is 11.5 Å². The Morgan fingerprint density at radius 3 is 2.45 bits per heavy atom. The molecule has 4 rings (SSSR count). The number of hydrogen-bond acceptors (Lipinski definition) is 5. The standard InChI is InChI=1S/C26H22FNO4S/c1-2-31-23-14-19(12-13-22(23)32-17-20-10-6-7-11-21(20)27)15-24-25(29)28(26(30)33-24)16-18-8-4-3-5-9-18/h3-15H,2,16-17H2,1H3/b24-15+. The molecule has 5 nitrogen and oxygen atoms in total. The second kappa shape index (κ2) is 10.4. The van der Waals surface area contributed by atoms with Gasteiger partial charge in [-0.05, 0) is 54.1 Å². The Bertz CT molecular complexity index is 1200. The summed E-state index contributed by atoms with van der Waals surface area (Å²) >= 11 is 0.913. The molecule has 0 N–H and O–H groups in total. The fraction of sp³-hybridized carbons (Fsp3) is 0.154. The van der Waals surface area contributed by atoms with E-state index >= 15 is 0 Å². The highest BCUT2D eigenvalue weighted by Crippen LogP contribution is 2.35. The molecule has 0 aliphatic carbocycles. The molecule has 0 radical (unpaired) electrons. The van der Waals surface area contributed by atoms with Crippen molar-refractivity contribution in [1.29, 1.82) is 0 Å². The zero-order chi connectivity index (χ0) is 23.2. The molecule has 1 saturated heterocycles. The maximum absolute atomic E-state index is 13.9. The zero-order valence-corrected chi connectivity index (χ0v) is 18.8. The molecule has 2 amide bonds. The molecule has 0 unspecified atom stereocenters. The van der Waals surface area contributed by atoms with Crippen LogP contribution in [0.15, 0.2) is 77.7 Å². The predicted molar refractivity (Wildman–Crippen MR) is 126 cm³/mol. The lowest BCUT2D eigenvalue weighted by atomic mass is 10.1. The van der Waals surface area contributed by atoms with Crippen LogP contribution in [0, 0.1) is 5.82 Å².